The van der Waals surface area contributed by atoms with Gasteiger partial charge in [-0.3, -0.25) is 0 Å². The number of benzene rings is 1. The van der Waals surface area contributed by atoms with Gasteiger partial charge in [-0.15, -0.1) is 0 Å². The number of anilines is 1. The smallest absolute Gasteiger partial charge is 0.173 e. The first-order valence-electron chi connectivity index (χ1n) is 6.14. The number of pyridine rings is 1. The number of nitrogens with two attached hydrogens (primary N) is 1. The molecule has 21 heavy (non-hydrogen) atoms. The van der Waals surface area contributed by atoms with Gasteiger partial charge in [-0.1, -0.05) is 23.7 Å². The minimum absolute atomic E-state index is 0.284. The average molecular weight is 296 g/mol. The van der Waals surface area contributed by atoms with Crippen LogP contribution in [-0.4, -0.2) is 14.8 Å². The first-order chi connectivity index (χ1) is 10.2. The topological polar surface area (TPSA) is 80.5 Å². The van der Waals surface area contributed by atoms with Gasteiger partial charge in [0.25, 0.3) is 0 Å². The highest BCUT2D eigenvalue weighted by Gasteiger charge is 2.11. The molecule has 102 valence electrons. The largest absolute Gasteiger partial charge is 0.399 e. The fourth-order valence-corrected chi connectivity index (χ4v) is 2.18. The summed E-state index contributed by atoms with van der Waals surface area (Å²) in [7, 11) is 0. The number of nitriles is 1. The molecule has 0 atom stereocenters. The van der Waals surface area contributed by atoms with Crippen LogP contribution in [0.2, 0.25) is 5.02 Å². The molecule has 0 radical (unpaired) electrons. The van der Waals surface area contributed by atoms with Crippen molar-refractivity contribution >= 4 is 17.3 Å². The van der Waals surface area contributed by atoms with Crippen molar-refractivity contribution in [1.29, 1.82) is 5.26 Å². The molecule has 2 heterocycles. The Kier molecular flexibility index (Phi) is 3.30. The summed E-state index contributed by atoms with van der Waals surface area (Å²) in [6.45, 7) is 0. The molecule has 0 bridgehead atoms. The number of aromatic nitrogens is 3. The van der Waals surface area contributed by atoms with Crippen molar-refractivity contribution in [1.82, 2.24) is 14.8 Å². The van der Waals surface area contributed by atoms with Crippen LogP contribution in [0.15, 0.2) is 48.9 Å². The lowest BCUT2D eigenvalue weighted by Crippen LogP contribution is -1.99. The highest BCUT2D eigenvalue weighted by molar-refractivity contribution is 6.33. The zero-order valence-electron chi connectivity index (χ0n) is 10.9. The van der Waals surface area contributed by atoms with Crippen LogP contribution in [0.4, 0.5) is 5.69 Å². The van der Waals surface area contributed by atoms with Gasteiger partial charge in [-0.25, -0.2) is 9.67 Å². The third-order valence-corrected chi connectivity index (χ3v) is 3.41. The van der Waals surface area contributed by atoms with Gasteiger partial charge in [0.1, 0.15) is 11.1 Å². The first-order valence-corrected chi connectivity index (χ1v) is 6.52. The molecule has 1 aromatic carbocycles. The van der Waals surface area contributed by atoms with Crippen molar-refractivity contribution < 1.29 is 0 Å². The van der Waals surface area contributed by atoms with Crippen LogP contribution in [0, 0.1) is 11.3 Å². The zero-order chi connectivity index (χ0) is 14.8. The SMILES string of the molecule is N#Cc1ccnc(-n2cc(-c3ccc(N)cc3)cn2)c1Cl. The molecule has 3 aromatic rings. The lowest BCUT2D eigenvalue weighted by atomic mass is 10.1. The highest BCUT2D eigenvalue weighted by atomic mass is 35.5. The Hall–Kier alpha value is -2.84. The van der Waals surface area contributed by atoms with E-state index in [4.69, 9.17) is 22.6 Å². The molecule has 0 saturated carbocycles. The van der Waals surface area contributed by atoms with Crippen molar-refractivity contribution in [3.63, 3.8) is 0 Å². The summed E-state index contributed by atoms with van der Waals surface area (Å²) in [6, 6.07) is 11.1. The van der Waals surface area contributed by atoms with E-state index in [1.54, 1.807) is 23.1 Å². The van der Waals surface area contributed by atoms with Gasteiger partial charge < -0.3 is 5.73 Å². The quantitative estimate of drug-likeness (QED) is 0.737. The van der Waals surface area contributed by atoms with Crippen LogP contribution in [0.25, 0.3) is 16.9 Å². The van der Waals surface area contributed by atoms with E-state index >= 15 is 0 Å². The summed E-state index contributed by atoms with van der Waals surface area (Å²) in [5.74, 6) is 0.428. The van der Waals surface area contributed by atoms with Crippen LogP contribution in [0.1, 0.15) is 5.56 Å². The van der Waals surface area contributed by atoms with E-state index in [0.29, 0.717) is 17.1 Å². The summed E-state index contributed by atoms with van der Waals surface area (Å²) >= 11 is 6.16. The van der Waals surface area contributed by atoms with E-state index in [0.717, 1.165) is 11.1 Å². The highest BCUT2D eigenvalue weighted by Crippen LogP contribution is 2.25. The average Bonchev–Trinajstić information content (AvgIpc) is 2.98. The second-order valence-corrected chi connectivity index (χ2v) is 4.78. The number of halogens is 1. The molecule has 2 N–H and O–H groups in total. The Labute approximate surface area is 126 Å². The molecule has 5 nitrogen and oxygen atoms in total. The standard InChI is InChI=1S/C15H10ClN5/c16-14-11(7-17)5-6-19-15(14)21-9-12(8-20-21)10-1-3-13(18)4-2-10/h1-6,8-9H,18H2. The molecule has 6 heteroatoms. The van der Waals surface area contributed by atoms with Crippen molar-refractivity contribution in [3.05, 3.63) is 59.5 Å². The van der Waals surface area contributed by atoms with Crippen LogP contribution >= 0.6 is 11.6 Å². The molecule has 0 amide bonds. The Bertz CT molecular complexity index is 830. The number of rotatable bonds is 2. The molecule has 0 saturated heterocycles. The Balaban J connectivity index is 2.03. The predicted molar refractivity (Wildman–Crippen MR) is 80.9 cm³/mol. The van der Waals surface area contributed by atoms with Crippen molar-refractivity contribution in [2.75, 3.05) is 5.73 Å². The maximum Gasteiger partial charge on any atom is 0.173 e. The fraction of sp³-hybridized carbons (Fsp3) is 0. The van der Waals surface area contributed by atoms with Crippen molar-refractivity contribution in [3.8, 4) is 23.0 Å². The van der Waals surface area contributed by atoms with Crippen LogP contribution in [0.5, 0.6) is 0 Å². The normalized spacial score (nSPS) is 10.3. The molecule has 0 fully saturated rings. The monoisotopic (exact) mass is 295 g/mol. The first kappa shape index (κ1) is 13.2. The Morgan fingerprint density at radius 2 is 1.90 bits per heavy atom. The Morgan fingerprint density at radius 3 is 2.62 bits per heavy atom. The molecular formula is C15H10ClN5. The molecule has 0 unspecified atom stereocenters. The minimum Gasteiger partial charge on any atom is -0.399 e. The summed E-state index contributed by atoms with van der Waals surface area (Å²) in [4.78, 5) is 4.18. The molecular weight excluding hydrogens is 286 g/mol. The van der Waals surface area contributed by atoms with E-state index in [-0.39, 0.29) is 5.02 Å². The van der Waals surface area contributed by atoms with E-state index in [1.165, 1.54) is 6.20 Å². The molecule has 3 rings (SSSR count). The van der Waals surface area contributed by atoms with E-state index in [1.807, 2.05) is 30.3 Å². The number of hydrogen-bond acceptors (Lipinski definition) is 4. The third-order valence-electron chi connectivity index (χ3n) is 3.03. The lowest BCUT2D eigenvalue weighted by Gasteiger charge is -2.03. The molecule has 2 aromatic heterocycles. The second-order valence-electron chi connectivity index (χ2n) is 4.40. The van der Waals surface area contributed by atoms with E-state index < -0.39 is 0 Å². The maximum atomic E-state index is 9.00. The third kappa shape index (κ3) is 2.45. The summed E-state index contributed by atoms with van der Waals surface area (Å²) in [5, 5.41) is 13.5. The van der Waals surface area contributed by atoms with Gasteiger partial charge >= 0.3 is 0 Å². The zero-order valence-corrected chi connectivity index (χ0v) is 11.6. The Morgan fingerprint density at radius 1 is 1.14 bits per heavy atom. The van der Waals surface area contributed by atoms with E-state index in [2.05, 4.69) is 10.1 Å². The summed E-state index contributed by atoms with van der Waals surface area (Å²) < 4.78 is 1.55. The van der Waals surface area contributed by atoms with Gasteiger partial charge in [0, 0.05) is 23.6 Å². The second kappa shape index (κ2) is 5.27. The van der Waals surface area contributed by atoms with E-state index in [9.17, 15) is 0 Å². The van der Waals surface area contributed by atoms with Crippen molar-refractivity contribution in [2.45, 2.75) is 0 Å². The van der Waals surface area contributed by atoms with Crippen LogP contribution in [0.3, 0.4) is 0 Å². The summed E-state index contributed by atoms with van der Waals surface area (Å²) in [5.41, 5.74) is 8.65. The molecule has 0 aliphatic carbocycles. The molecule has 0 aliphatic heterocycles. The van der Waals surface area contributed by atoms with Gasteiger partial charge in [-0.05, 0) is 23.8 Å². The molecule has 0 spiro atoms. The number of nitrogens with zero attached hydrogens (tertiary/aromatic N) is 4. The van der Waals surface area contributed by atoms with Crippen LogP contribution < -0.4 is 5.73 Å². The number of hydrogen-bond donors (Lipinski definition) is 1. The van der Waals surface area contributed by atoms with Crippen molar-refractivity contribution in [2.24, 2.45) is 0 Å². The lowest BCUT2D eigenvalue weighted by molar-refractivity contribution is 0.846. The van der Waals surface area contributed by atoms with Gasteiger partial charge in [-0.2, -0.15) is 10.4 Å². The molecule has 0 aliphatic rings. The number of nitrogen functional groups attached to an aromatic ring is 1. The fourth-order valence-electron chi connectivity index (χ4n) is 1.94. The summed E-state index contributed by atoms with van der Waals surface area (Å²) in [6.07, 6.45) is 5.05. The van der Waals surface area contributed by atoms with Crippen LogP contribution in [-0.2, 0) is 0 Å². The van der Waals surface area contributed by atoms with Gasteiger partial charge in [0.2, 0.25) is 0 Å². The minimum atomic E-state index is 0.284. The van der Waals surface area contributed by atoms with Gasteiger partial charge in [0.05, 0.1) is 11.8 Å². The van der Waals surface area contributed by atoms with Gasteiger partial charge in [0.15, 0.2) is 5.82 Å². The predicted octanol–water partition coefficient (Wildman–Crippen LogP) is 3.04. The maximum absolute atomic E-state index is 9.00.